The highest BCUT2D eigenvalue weighted by Crippen LogP contribution is 2.37. The molecule has 0 saturated carbocycles. The average Bonchev–Trinajstić information content (AvgIpc) is 2.10. The Balaban J connectivity index is 4.54. The Morgan fingerprint density at radius 2 is 1.93 bits per heavy atom. The van der Waals surface area contributed by atoms with E-state index < -0.39 is 8.32 Å². The number of terminal acetylenes is 1. The summed E-state index contributed by atoms with van der Waals surface area (Å²) in [5, 5.41) is 0.194. The highest BCUT2D eigenvalue weighted by molar-refractivity contribution is 14.1. The van der Waals surface area contributed by atoms with Gasteiger partial charge in [-0.25, -0.2) is 0 Å². The average molecular weight is 334 g/mol. The van der Waals surface area contributed by atoms with Crippen molar-refractivity contribution in [2.45, 2.75) is 51.4 Å². The Morgan fingerprint density at radius 1 is 1.40 bits per heavy atom. The molecule has 0 rings (SSSR count). The third kappa shape index (κ3) is 5.06. The van der Waals surface area contributed by atoms with Gasteiger partial charge in [0.25, 0.3) is 0 Å². The van der Waals surface area contributed by atoms with Gasteiger partial charge in [0.1, 0.15) is 6.10 Å². The molecule has 0 heterocycles. The Hall–Kier alpha value is 0.0269. The van der Waals surface area contributed by atoms with Gasteiger partial charge in [0.2, 0.25) is 0 Å². The van der Waals surface area contributed by atoms with Gasteiger partial charge in [-0.05, 0) is 22.1 Å². The molecular weight excluding hydrogens is 315 g/mol. The summed E-state index contributed by atoms with van der Waals surface area (Å²) < 4.78 is 8.87. The molecule has 15 heavy (non-hydrogen) atoms. The van der Waals surface area contributed by atoms with Crippen LogP contribution in [0.1, 0.15) is 27.2 Å². The van der Waals surface area contributed by atoms with Gasteiger partial charge in [0.05, 0.1) is 0 Å². The molecule has 0 aromatic carbocycles. The summed E-state index contributed by atoms with van der Waals surface area (Å²) in [6.45, 7) is 11.0. The maximum absolute atomic E-state index is 6.05. The fourth-order valence-electron chi connectivity index (χ4n) is 0.798. The predicted octanol–water partition coefficient (Wildman–Crippen LogP) is 3.80. The Morgan fingerprint density at radius 3 is 2.27 bits per heavy atom. The van der Waals surface area contributed by atoms with Crippen molar-refractivity contribution in [3.8, 4) is 22.2 Å². The van der Waals surface area contributed by atoms with Crippen molar-refractivity contribution in [1.82, 2.24) is 0 Å². The van der Waals surface area contributed by atoms with Gasteiger partial charge in [-0.3, -0.25) is 0 Å². The summed E-state index contributed by atoms with van der Waals surface area (Å²) in [7, 11) is -1.75. The van der Waals surface area contributed by atoms with Gasteiger partial charge in [-0.15, -0.1) is 6.42 Å². The van der Waals surface area contributed by atoms with E-state index in [-0.39, 0.29) is 11.1 Å². The molecule has 0 amide bonds. The summed E-state index contributed by atoms with van der Waals surface area (Å²) >= 11 is 2.02. The van der Waals surface area contributed by atoms with Crippen LogP contribution < -0.4 is 0 Å². The molecule has 1 atom stereocenters. The van der Waals surface area contributed by atoms with Crippen molar-refractivity contribution in [2.24, 2.45) is 0 Å². The van der Waals surface area contributed by atoms with Crippen LogP contribution in [0.5, 0.6) is 0 Å². The second-order valence-electron chi connectivity index (χ2n) is 5.01. The number of hydrogen-bond acceptors (Lipinski definition) is 1. The van der Waals surface area contributed by atoms with Crippen LogP contribution in [0.2, 0.25) is 18.1 Å². The topological polar surface area (TPSA) is 9.23 Å². The lowest BCUT2D eigenvalue weighted by Crippen LogP contribution is -2.43. The quantitative estimate of drug-likeness (QED) is 0.433. The first-order valence-corrected chi connectivity index (χ1v) is 8.95. The van der Waals surface area contributed by atoms with Crippen molar-refractivity contribution >= 4 is 30.9 Å². The molecule has 0 fully saturated rings. The Kier molecular flexibility index (Phi) is 5.95. The Labute approximate surface area is 109 Å². The molecule has 0 aliphatic rings. The molecule has 0 unspecified atom stereocenters. The summed E-state index contributed by atoms with van der Waals surface area (Å²) in [5.74, 6) is 5.64. The molecule has 0 saturated heterocycles. The maximum atomic E-state index is 6.05. The fourth-order valence-corrected chi connectivity index (χ4v) is 2.23. The zero-order valence-electron chi connectivity index (χ0n) is 10.1. The minimum Gasteiger partial charge on any atom is -0.402 e. The van der Waals surface area contributed by atoms with Crippen molar-refractivity contribution in [3.63, 3.8) is 0 Å². The normalized spacial score (nSPS) is 13.7. The molecule has 1 nitrogen and oxygen atoms in total. The van der Waals surface area contributed by atoms with Crippen LogP contribution in [0, 0.1) is 22.2 Å². The molecule has 0 N–H and O–H groups in total. The smallest absolute Gasteiger partial charge is 0.193 e. The number of halogens is 1. The molecule has 0 aliphatic carbocycles. The van der Waals surface area contributed by atoms with E-state index in [1.54, 1.807) is 0 Å². The van der Waals surface area contributed by atoms with Crippen LogP contribution in [0.15, 0.2) is 0 Å². The summed E-state index contributed by atoms with van der Waals surface area (Å²) in [6.07, 6.45) is 5.91. The van der Waals surface area contributed by atoms with E-state index in [0.29, 0.717) is 6.42 Å². The molecule has 0 aromatic rings. The highest BCUT2D eigenvalue weighted by Gasteiger charge is 2.38. The van der Waals surface area contributed by atoms with E-state index in [0.717, 1.165) is 0 Å². The largest absolute Gasteiger partial charge is 0.402 e. The van der Waals surface area contributed by atoms with Crippen LogP contribution in [-0.2, 0) is 4.43 Å². The van der Waals surface area contributed by atoms with Gasteiger partial charge in [0.15, 0.2) is 8.32 Å². The molecule has 0 aromatic heterocycles. The lowest BCUT2D eigenvalue weighted by Gasteiger charge is -2.37. The summed E-state index contributed by atoms with van der Waals surface area (Å²) in [6, 6.07) is 0. The zero-order valence-corrected chi connectivity index (χ0v) is 13.3. The van der Waals surface area contributed by atoms with E-state index in [9.17, 15) is 0 Å². The lowest BCUT2D eigenvalue weighted by molar-refractivity contribution is 0.239. The van der Waals surface area contributed by atoms with Crippen LogP contribution >= 0.6 is 22.6 Å². The number of rotatable bonds is 3. The van der Waals surface area contributed by atoms with Gasteiger partial charge < -0.3 is 4.43 Å². The zero-order chi connectivity index (χ0) is 12.1. The van der Waals surface area contributed by atoms with Crippen molar-refractivity contribution in [3.05, 3.63) is 0 Å². The van der Waals surface area contributed by atoms with Crippen LogP contribution in [0.25, 0.3) is 0 Å². The first-order valence-electron chi connectivity index (χ1n) is 4.97. The van der Waals surface area contributed by atoms with Crippen LogP contribution in [-0.4, -0.2) is 14.4 Å². The Bertz CT molecular complexity index is 298. The second-order valence-corrected chi connectivity index (χ2v) is 10.3. The highest BCUT2D eigenvalue weighted by atomic mass is 127. The predicted molar refractivity (Wildman–Crippen MR) is 77.3 cm³/mol. The molecule has 0 aliphatic heterocycles. The molecular formula is C12H19IOSi. The van der Waals surface area contributed by atoms with E-state index in [2.05, 4.69) is 49.6 Å². The molecule has 0 bridgehead atoms. The third-order valence-electron chi connectivity index (χ3n) is 2.78. The van der Waals surface area contributed by atoms with Crippen molar-refractivity contribution < 1.29 is 4.43 Å². The number of hydrogen-bond donors (Lipinski definition) is 0. The van der Waals surface area contributed by atoms with Gasteiger partial charge in [0, 0.05) is 29.0 Å². The van der Waals surface area contributed by atoms with Gasteiger partial charge in [-0.1, -0.05) is 32.6 Å². The van der Waals surface area contributed by atoms with E-state index >= 15 is 0 Å². The van der Waals surface area contributed by atoms with Crippen LogP contribution in [0.4, 0.5) is 0 Å². The minimum absolute atomic E-state index is 0.159. The van der Waals surface area contributed by atoms with E-state index in [1.165, 1.54) is 0 Å². The second kappa shape index (κ2) is 5.93. The summed E-state index contributed by atoms with van der Waals surface area (Å²) in [4.78, 5) is 0. The monoisotopic (exact) mass is 334 g/mol. The molecule has 0 radical (unpaired) electrons. The van der Waals surface area contributed by atoms with Crippen molar-refractivity contribution in [2.75, 3.05) is 0 Å². The first-order chi connectivity index (χ1) is 6.74. The SMILES string of the molecule is C#C[C@H](CC#CI)O[Si](C)(C)C(C)(C)C. The maximum Gasteiger partial charge on any atom is 0.193 e. The lowest BCUT2D eigenvalue weighted by atomic mass is 10.2. The van der Waals surface area contributed by atoms with E-state index in [1.807, 2.05) is 22.6 Å². The summed E-state index contributed by atoms with van der Waals surface area (Å²) in [5.41, 5.74) is 0. The van der Waals surface area contributed by atoms with Gasteiger partial charge >= 0.3 is 0 Å². The standard InChI is InChI=1S/C12H19IOSi/c1-7-11(9-8-10-13)14-15(5,6)12(2,3)4/h1,11H,9H2,2-6H3/t11-/m1/s1. The fraction of sp³-hybridized carbons (Fsp3) is 0.667. The molecule has 0 spiro atoms. The van der Waals surface area contributed by atoms with Gasteiger partial charge in [-0.2, -0.15) is 0 Å². The molecule has 3 heteroatoms. The first kappa shape index (κ1) is 15.0. The van der Waals surface area contributed by atoms with E-state index in [4.69, 9.17) is 10.8 Å². The molecule has 84 valence electrons. The van der Waals surface area contributed by atoms with Crippen molar-refractivity contribution in [1.29, 1.82) is 0 Å². The minimum atomic E-state index is -1.75. The van der Waals surface area contributed by atoms with Crippen LogP contribution in [0.3, 0.4) is 0 Å². The third-order valence-corrected chi connectivity index (χ3v) is 7.65.